The molecule has 0 aromatic carbocycles. The van der Waals surface area contributed by atoms with E-state index >= 15 is 0 Å². The molecule has 2 aliphatic rings. The maximum absolute atomic E-state index is 12.8. The summed E-state index contributed by atoms with van der Waals surface area (Å²) < 4.78 is 6.77. The molecule has 8 nitrogen and oxygen atoms in total. The topological polar surface area (TPSA) is 92.7 Å². The van der Waals surface area contributed by atoms with E-state index in [1.54, 1.807) is 6.26 Å². The minimum absolute atomic E-state index is 0.0265. The minimum atomic E-state index is -0.0831. The maximum atomic E-state index is 12.8. The van der Waals surface area contributed by atoms with Crippen LogP contribution in [0.1, 0.15) is 42.7 Å². The highest BCUT2D eigenvalue weighted by Gasteiger charge is 2.28. The van der Waals surface area contributed by atoms with Gasteiger partial charge in [0.1, 0.15) is 5.76 Å². The van der Waals surface area contributed by atoms with E-state index in [4.69, 9.17) is 9.40 Å². The Morgan fingerprint density at radius 2 is 2.20 bits per heavy atom. The molecule has 0 saturated carbocycles. The summed E-state index contributed by atoms with van der Waals surface area (Å²) in [6, 6.07) is 3.76. The fourth-order valence-electron chi connectivity index (χ4n) is 4.36. The SMILES string of the molecule is O=C(NCCc1ccco1)C1CCCN(c2nn3c(=O)c4c(nc3s2)CCCC4)C1. The summed E-state index contributed by atoms with van der Waals surface area (Å²) in [7, 11) is 0. The van der Waals surface area contributed by atoms with Gasteiger partial charge in [-0.1, -0.05) is 11.3 Å². The minimum Gasteiger partial charge on any atom is -0.469 e. The summed E-state index contributed by atoms with van der Waals surface area (Å²) in [6.07, 6.45) is 7.90. The van der Waals surface area contributed by atoms with Crippen LogP contribution in [0.4, 0.5) is 5.13 Å². The van der Waals surface area contributed by atoms with Gasteiger partial charge in [-0.15, -0.1) is 5.10 Å². The van der Waals surface area contributed by atoms with Gasteiger partial charge in [-0.3, -0.25) is 9.59 Å². The lowest BCUT2D eigenvalue weighted by Gasteiger charge is -2.31. The van der Waals surface area contributed by atoms with Crippen LogP contribution in [0.15, 0.2) is 27.6 Å². The molecule has 1 amide bonds. The molecule has 0 radical (unpaired) electrons. The van der Waals surface area contributed by atoms with Gasteiger partial charge in [-0.05, 0) is 50.7 Å². The van der Waals surface area contributed by atoms with E-state index in [1.165, 1.54) is 15.9 Å². The first-order chi connectivity index (χ1) is 14.7. The van der Waals surface area contributed by atoms with Crippen molar-refractivity contribution in [3.05, 3.63) is 45.8 Å². The quantitative estimate of drug-likeness (QED) is 0.671. The molecule has 1 unspecified atom stereocenters. The van der Waals surface area contributed by atoms with Crippen LogP contribution in [0.5, 0.6) is 0 Å². The van der Waals surface area contributed by atoms with Gasteiger partial charge in [-0.25, -0.2) is 4.98 Å². The monoisotopic (exact) mass is 427 g/mol. The molecule has 1 fully saturated rings. The average Bonchev–Trinajstić information content (AvgIpc) is 3.44. The van der Waals surface area contributed by atoms with Crippen LogP contribution in [0.2, 0.25) is 0 Å². The Morgan fingerprint density at radius 1 is 1.30 bits per heavy atom. The van der Waals surface area contributed by atoms with Gasteiger partial charge >= 0.3 is 0 Å². The van der Waals surface area contributed by atoms with Crippen LogP contribution in [0.25, 0.3) is 4.96 Å². The van der Waals surface area contributed by atoms with Crippen molar-refractivity contribution in [1.29, 1.82) is 0 Å². The number of nitrogens with zero attached hydrogens (tertiary/aromatic N) is 4. The first kappa shape index (κ1) is 19.3. The third kappa shape index (κ3) is 3.74. The summed E-state index contributed by atoms with van der Waals surface area (Å²) >= 11 is 1.44. The van der Waals surface area contributed by atoms with Crippen molar-refractivity contribution < 1.29 is 9.21 Å². The number of fused-ring (bicyclic) bond motifs is 2. The Balaban J connectivity index is 1.28. The van der Waals surface area contributed by atoms with Crippen LogP contribution >= 0.6 is 11.3 Å². The van der Waals surface area contributed by atoms with E-state index in [-0.39, 0.29) is 17.4 Å². The predicted molar refractivity (Wildman–Crippen MR) is 114 cm³/mol. The molecule has 3 aromatic heterocycles. The zero-order valence-corrected chi connectivity index (χ0v) is 17.6. The second-order valence-corrected chi connectivity index (χ2v) is 8.97. The van der Waals surface area contributed by atoms with E-state index in [0.29, 0.717) is 24.5 Å². The normalized spacial score (nSPS) is 19.1. The van der Waals surface area contributed by atoms with Crippen molar-refractivity contribution in [3.63, 3.8) is 0 Å². The molecule has 0 bridgehead atoms. The lowest BCUT2D eigenvalue weighted by molar-refractivity contribution is -0.125. The summed E-state index contributed by atoms with van der Waals surface area (Å²) in [4.78, 5) is 33.0. The van der Waals surface area contributed by atoms with Gasteiger partial charge in [0.15, 0.2) is 0 Å². The highest BCUT2D eigenvalue weighted by molar-refractivity contribution is 7.20. The summed E-state index contributed by atoms with van der Waals surface area (Å²) in [5.41, 5.74) is 1.73. The van der Waals surface area contributed by atoms with Crippen LogP contribution in [0, 0.1) is 5.92 Å². The number of aromatic nitrogens is 3. The molecule has 1 atom stereocenters. The molecule has 9 heteroatoms. The fraction of sp³-hybridized carbons (Fsp3) is 0.524. The number of hydrogen-bond donors (Lipinski definition) is 1. The second-order valence-electron chi connectivity index (χ2n) is 8.03. The molecule has 5 rings (SSSR count). The van der Waals surface area contributed by atoms with Crippen molar-refractivity contribution >= 4 is 27.3 Å². The van der Waals surface area contributed by atoms with Crippen molar-refractivity contribution in [2.45, 2.75) is 44.9 Å². The molecular weight excluding hydrogens is 402 g/mol. The lowest BCUT2D eigenvalue weighted by Crippen LogP contribution is -2.43. The van der Waals surface area contributed by atoms with Crippen molar-refractivity contribution in [3.8, 4) is 0 Å². The Bertz CT molecular complexity index is 1100. The molecular formula is C21H25N5O3S. The van der Waals surface area contributed by atoms with Crippen LogP contribution in [0.3, 0.4) is 0 Å². The van der Waals surface area contributed by atoms with E-state index in [9.17, 15) is 9.59 Å². The zero-order chi connectivity index (χ0) is 20.5. The highest BCUT2D eigenvalue weighted by atomic mass is 32.1. The molecule has 30 heavy (non-hydrogen) atoms. The number of anilines is 1. The smallest absolute Gasteiger partial charge is 0.278 e. The fourth-order valence-corrected chi connectivity index (χ4v) is 5.31. The molecule has 158 valence electrons. The van der Waals surface area contributed by atoms with Crippen LogP contribution in [-0.4, -0.2) is 40.1 Å². The van der Waals surface area contributed by atoms with Crippen molar-refractivity contribution in [1.82, 2.24) is 19.9 Å². The molecule has 4 heterocycles. The molecule has 1 N–H and O–H groups in total. The van der Waals surface area contributed by atoms with Gasteiger partial charge < -0.3 is 14.6 Å². The van der Waals surface area contributed by atoms with Gasteiger partial charge in [0, 0.05) is 31.6 Å². The maximum Gasteiger partial charge on any atom is 0.278 e. The van der Waals surface area contributed by atoms with E-state index in [0.717, 1.165) is 67.2 Å². The zero-order valence-electron chi connectivity index (χ0n) is 16.8. The van der Waals surface area contributed by atoms with Gasteiger partial charge in [0.2, 0.25) is 16.0 Å². The van der Waals surface area contributed by atoms with E-state index < -0.39 is 0 Å². The summed E-state index contributed by atoms with van der Waals surface area (Å²) in [5, 5.41) is 8.37. The first-order valence-corrected chi connectivity index (χ1v) is 11.5. The van der Waals surface area contributed by atoms with Crippen molar-refractivity contribution in [2.24, 2.45) is 5.92 Å². The number of nitrogens with one attached hydrogen (secondary N) is 1. The summed E-state index contributed by atoms with van der Waals surface area (Å²) in [6.45, 7) is 2.01. The molecule has 1 saturated heterocycles. The number of carbonyl (C=O) groups excluding carboxylic acids is 1. The standard InChI is InChI=1S/C21H25N5O3S/c27-18(22-10-9-15-6-4-12-29-15)14-5-3-11-25(13-14)21-24-26-19(28)16-7-1-2-8-17(16)23-20(26)30-21/h4,6,12,14H,1-3,5,7-11,13H2,(H,22,27). The van der Waals surface area contributed by atoms with E-state index in [2.05, 4.69) is 15.3 Å². The molecule has 1 aliphatic carbocycles. The van der Waals surface area contributed by atoms with E-state index in [1.807, 2.05) is 12.1 Å². The average molecular weight is 428 g/mol. The Morgan fingerprint density at radius 3 is 3.07 bits per heavy atom. The number of rotatable bonds is 5. The molecule has 0 spiro atoms. The predicted octanol–water partition coefficient (Wildman–Crippen LogP) is 2.20. The van der Waals surface area contributed by atoms with Crippen molar-refractivity contribution in [2.75, 3.05) is 24.5 Å². The van der Waals surface area contributed by atoms with Gasteiger partial charge in [-0.2, -0.15) is 4.52 Å². The molecule has 3 aromatic rings. The third-order valence-corrected chi connectivity index (χ3v) is 6.95. The third-order valence-electron chi connectivity index (χ3n) is 5.98. The van der Waals surface area contributed by atoms with Gasteiger partial charge in [0.05, 0.1) is 17.9 Å². The number of aryl methyl sites for hydroxylation is 1. The Hall–Kier alpha value is -2.68. The van der Waals surface area contributed by atoms with Crippen LogP contribution < -0.4 is 15.8 Å². The highest BCUT2D eigenvalue weighted by Crippen LogP contribution is 2.28. The van der Waals surface area contributed by atoms with Gasteiger partial charge in [0.25, 0.3) is 5.56 Å². The largest absolute Gasteiger partial charge is 0.469 e. The number of piperidine rings is 1. The number of furan rings is 1. The Labute approximate surface area is 177 Å². The summed E-state index contributed by atoms with van der Waals surface area (Å²) in [5.74, 6) is 0.856. The Kier molecular flexibility index (Phi) is 5.28. The second kappa shape index (κ2) is 8.22. The number of hydrogen-bond acceptors (Lipinski definition) is 7. The van der Waals surface area contributed by atoms with Crippen LogP contribution in [-0.2, 0) is 24.1 Å². The lowest BCUT2D eigenvalue weighted by atomic mass is 9.97. The first-order valence-electron chi connectivity index (χ1n) is 10.7. The number of amides is 1. The number of carbonyl (C=O) groups is 1. The molecule has 1 aliphatic heterocycles.